The van der Waals surface area contributed by atoms with Crippen molar-refractivity contribution < 1.29 is 4.79 Å². The molecule has 0 bridgehead atoms. The Bertz CT molecular complexity index is 743. The molecule has 3 heterocycles. The molecule has 0 saturated carbocycles. The predicted molar refractivity (Wildman–Crippen MR) is 83.0 cm³/mol. The SMILES string of the molecule is N=C(C=CN)NC(=O)c1cnc2ccc(N3CCCC3)nn12. The second-order valence-electron chi connectivity index (χ2n) is 5.03. The third kappa shape index (κ3) is 2.62. The maximum absolute atomic E-state index is 12.2. The van der Waals surface area contributed by atoms with Gasteiger partial charge in [0.2, 0.25) is 0 Å². The van der Waals surface area contributed by atoms with Crippen LogP contribution in [0.15, 0.2) is 30.6 Å². The molecular weight excluding hydrogens is 282 g/mol. The summed E-state index contributed by atoms with van der Waals surface area (Å²) in [5.41, 5.74) is 6.07. The summed E-state index contributed by atoms with van der Waals surface area (Å²) in [7, 11) is 0. The lowest BCUT2D eigenvalue weighted by Gasteiger charge is -2.16. The number of hydrogen-bond acceptors (Lipinski definition) is 6. The summed E-state index contributed by atoms with van der Waals surface area (Å²) in [6, 6.07) is 3.75. The average molecular weight is 299 g/mol. The highest BCUT2D eigenvalue weighted by molar-refractivity contribution is 6.08. The fourth-order valence-electron chi connectivity index (χ4n) is 2.46. The lowest BCUT2D eigenvalue weighted by molar-refractivity contribution is 0.0970. The van der Waals surface area contributed by atoms with Crippen LogP contribution in [0.5, 0.6) is 0 Å². The minimum atomic E-state index is -0.443. The lowest BCUT2D eigenvalue weighted by atomic mass is 10.4. The first-order valence-corrected chi connectivity index (χ1v) is 7.07. The quantitative estimate of drug-likeness (QED) is 0.564. The molecule has 8 nitrogen and oxygen atoms in total. The van der Waals surface area contributed by atoms with Crippen LogP contribution in [0.3, 0.4) is 0 Å². The van der Waals surface area contributed by atoms with Gasteiger partial charge >= 0.3 is 0 Å². The zero-order valence-corrected chi connectivity index (χ0v) is 12.0. The monoisotopic (exact) mass is 299 g/mol. The Labute approximate surface area is 127 Å². The van der Waals surface area contributed by atoms with Gasteiger partial charge in [-0.05, 0) is 37.3 Å². The van der Waals surface area contributed by atoms with Gasteiger partial charge in [0, 0.05) is 13.1 Å². The summed E-state index contributed by atoms with van der Waals surface area (Å²) in [6.07, 6.45) is 6.25. The van der Waals surface area contributed by atoms with Crippen molar-refractivity contribution in [3.63, 3.8) is 0 Å². The zero-order valence-electron chi connectivity index (χ0n) is 12.0. The molecule has 1 aliphatic heterocycles. The molecule has 2 aromatic heterocycles. The number of carbonyl (C=O) groups is 1. The summed E-state index contributed by atoms with van der Waals surface area (Å²) in [5.74, 6) is 0.300. The first-order valence-electron chi connectivity index (χ1n) is 7.07. The number of nitrogens with two attached hydrogens (primary N) is 1. The van der Waals surface area contributed by atoms with Crippen LogP contribution in [0, 0.1) is 5.41 Å². The number of nitrogens with zero attached hydrogens (tertiary/aromatic N) is 4. The van der Waals surface area contributed by atoms with E-state index in [2.05, 4.69) is 20.3 Å². The number of anilines is 1. The van der Waals surface area contributed by atoms with Crippen molar-refractivity contribution in [2.24, 2.45) is 5.73 Å². The third-order valence-electron chi connectivity index (χ3n) is 3.52. The van der Waals surface area contributed by atoms with E-state index in [4.69, 9.17) is 11.1 Å². The van der Waals surface area contributed by atoms with E-state index in [1.54, 1.807) is 0 Å². The molecule has 22 heavy (non-hydrogen) atoms. The highest BCUT2D eigenvalue weighted by atomic mass is 16.2. The number of amidine groups is 1. The number of imidazole rings is 1. The average Bonchev–Trinajstić information content (AvgIpc) is 3.16. The minimum absolute atomic E-state index is 0.0850. The normalized spacial score (nSPS) is 14.8. The van der Waals surface area contributed by atoms with Gasteiger partial charge in [0.1, 0.15) is 11.7 Å². The van der Waals surface area contributed by atoms with E-state index in [-0.39, 0.29) is 11.5 Å². The molecule has 4 N–H and O–H groups in total. The molecular formula is C14H17N7O. The highest BCUT2D eigenvalue weighted by Crippen LogP contribution is 2.18. The van der Waals surface area contributed by atoms with Crippen LogP contribution in [0.4, 0.5) is 5.82 Å². The van der Waals surface area contributed by atoms with Gasteiger partial charge in [0.15, 0.2) is 11.3 Å². The number of carbonyl (C=O) groups excluding carboxylic acids is 1. The Morgan fingerprint density at radius 2 is 2.14 bits per heavy atom. The molecule has 0 aromatic carbocycles. The van der Waals surface area contributed by atoms with Crippen molar-refractivity contribution in [2.75, 3.05) is 18.0 Å². The Hall–Kier alpha value is -2.90. The van der Waals surface area contributed by atoms with E-state index in [1.807, 2.05) is 12.1 Å². The van der Waals surface area contributed by atoms with Crippen LogP contribution in [0.1, 0.15) is 23.3 Å². The van der Waals surface area contributed by atoms with Gasteiger partial charge in [-0.1, -0.05) is 0 Å². The third-order valence-corrected chi connectivity index (χ3v) is 3.52. The molecule has 0 atom stereocenters. The number of fused-ring (bicyclic) bond motifs is 1. The molecule has 1 saturated heterocycles. The topological polar surface area (TPSA) is 112 Å². The summed E-state index contributed by atoms with van der Waals surface area (Å²) >= 11 is 0. The van der Waals surface area contributed by atoms with Crippen molar-refractivity contribution >= 4 is 23.2 Å². The minimum Gasteiger partial charge on any atom is -0.404 e. The number of nitrogens with one attached hydrogen (secondary N) is 2. The van der Waals surface area contributed by atoms with Crippen LogP contribution in [-0.4, -0.2) is 39.4 Å². The maximum Gasteiger partial charge on any atom is 0.277 e. The zero-order chi connectivity index (χ0) is 15.5. The van der Waals surface area contributed by atoms with Crippen molar-refractivity contribution in [3.05, 3.63) is 36.3 Å². The summed E-state index contributed by atoms with van der Waals surface area (Å²) < 4.78 is 1.50. The van der Waals surface area contributed by atoms with E-state index in [1.165, 1.54) is 23.0 Å². The molecule has 8 heteroatoms. The van der Waals surface area contributed by atoms with Crippen LogP contribution < -0.4 is 16.0 Å². The van der Waals surface area contributed by atoms with Gasteiger partial charge in [0.25, 0.3) is 5.91 Å². The Morgan fingerprint density at radius 1 is 1.36 bits per heavy atom. The standard InChI is InChI=1S/C14H17N7O/c15-6-5-11(16)18-14(22)10-9-17-12-3-4-13(19-21(10)12)20-7-1-2-8-20/h3-6,9H,1-2,7-8,15H2,(H2,16,18,22). The van der Waals surface area contributed by atoms with E-state index in [0.717, 1.165) is 31.7 Å². The van der Waals surface area contributed by atoms with Crippen molar-refractivity contribution in [3.8, 4) is 0 Å². The summed E-state index contributed by atoms with van der Waals surface area (Å²) in [6.45, 7) is 1.95. The van der Waals surface area contributed by atoms with Crippen molar-refractivity contribution in [1.82, 2.24) is 19.9 Å². The fraction of sp³-hybridized carbons (Fsp3) is 0.286. The predicted octanol–water partition coefficient (Wildman–Crippen LogP) is 0.509. The van der Waals surface area contributed by atoms with E-state index >= 15 is 0 Å². The summed E-state index contributed by atoms with van der Waals surface area (Å²) in [4.78, 5) is 18.5. The van der Waals surface area contributed by atoms with E-state index in [0.29, 0.717) is 5.65 Å². The van der Waals surface area contributed by atoms with Crippen LogP contribution in [-0.2, 0) is 0 Å². The van der Waals surface area contributed by atoms with Crippen LogP contribution in [0.2, 0.25) is 0 Å². The molecule has 0 aliphatic carbocycles. The van der Waals surface area contributed by atoms with Crippen LogP contribution in [0.25, 0.3) is 5.65 Å². The molecule has 1 aliphatic rings. The molecule has 2 aromatic rings. The molecule has 114 valence electrons. The highest BCUT2D eigenvalue weighted by Gasteiger charge is 2.17. The molecule has 0 radical (unpaired) electrons. The number of rotatable bonds is 3. The van der Waals surface area contributed by atoms with Gasteiger partial charge in [-0.15, -0.1) is 5.10 Å². The van der Waals surface area contributed by atoms with Gasteiger partial charge in [0.05, 0.1) is 6.20 Å². The molecule has 0 unspecified atom stereocenters. The van der Waals surface area contributed by atoms with E-state index in [9.17, 15) is 4.79 Å². The maximum atomic E-state index is 12.2. The molecule has 1 fully saturated rings. The van der Waals surface area contributed by atoms with Gasteiger partial charge in [-0.2, -0.15) is 0 Å². The Morgan fingerprint density at radius 3 is 2.86 bits per heavy atom. The second kappa shape index (κ2) is 5.84. The van der Waals surface area contributed by atoms with Gasteiger partial charge in [-0.3, -0.25) is 10.2 Å². The first-order chi connectivity index (χ1) is 10.7. The largest absolute Gasteiger partial charge is 0.404 e. The Kier molecular flexibility index (Phi) is 3.73. The smallest absolute Gasteiger partial charge is 0.277 e. The first kappa shape index (κ1) is 14.1. The number of hydrogen-bond donors (Lipinski definition) is 3. The number of aromatic nitrogens is 3. The van der Waals surface area contributed by atoms with Crippen molar-refractivity contribution in [1.29, 1.82) is 5.41 Å². The fourth-order valence-corrected chi connectivity index (χ4v) is 2.46. The van der Waals surface area contributed by atoms with Gasteiger partial charge < -0.3 is 16.0 Å². The van der Waals surface area contributed by atoms with Crippen LogP contribution >= 0.6 is 0 Å². The second-order valence-corrected chi connectivity index (χ2v) is 5.03. The van der Waals surface area contributed by atoms with Crippen molar-refractivity contribution in [2.45, 2.75) is 12.8 Å². The molecule has 1 amide bonds. The lowest BCUT2D eigenvalue weighted by Crippen LogP contribution is -2.30. The van der Waals surface area contributed by atoms with Gasteiger partial charge in [-0.25, -0.2) is 9.50 Å². The Balaban J connectivity index is 1.90. The van der Waals surface area contributed by atoms with E-state index < -0.39 is 5.91 Å². The summed E-state index contributed by atoms with van der Waals surface area (Å²) in [5, 5.41) is 14.5. The molecule has 0 spiro atoms. The number of amides is 1. The molecule has 3 rings (SSSR count).